The molecule has 0 spiro atoms. The molecular weight excluding hydrogens is 106 g/mol. The van der Waals surface area contributed by atoms with Crippen molar-refractivity contribution in [3.05, 3.63) is 0 Å². The van der Waals surface area contributed by atoms with Crippen LogP contribution in [-0.2, 0) is 0 Å². The van der Waals surface area contributed by atoms with E-state index in [0.717, 1.165) is 6.42 Å². The minimum Gasteiger partial charge on any atom is -0.390 e. The number of hydrogen-bond donors (Lipinski definition) is 3. The Bertz CT molecular complexity index is 76.5. The third kappa shape index (κ3) is 0.844. The molecule has 1 aliphatic rings. The summed E-state index contributed by atoms with van der Waals surface area (Å²) in [5, 5.41) is 17.7. The maximum absolute atomic E-state index is 8.89. The first-order chi connectivity index (χ1) is 3.72. The van der Waals surface area contributed by atoms with Gasteiger partial charge < -0.3 is 15.9 Å². The first-order valence-corrected chi connectivity index (χ1v) is 2.83. The molecule has 0 amide bonds. The van der Waals surface area contributed by atoms with Crippen LogP contribution in [0.2, 0.25) is 0 Å². The first kappa shape index (κ1) is 6.01. The molecule has 0 aromatic carbocycles. The van der Waals surface area contributed by atoms with Crippen molar-refractivity contribution in [3.8, 4) is 0 Å². The molecule has 48 valence electrons. The third-order valence-corrected chi connectivity index (χ3v) is 1.63. The average molecular weight is 117 g/mol. The zero-order chi connectivity index (χ0) is 6.15. The van der Waals surface area contributed by atoms with Gasteiger partial charge in [0, 0.05) is 6.04 Å². The maximum atomic E-state index is 8.89. The average Bonchev–Trinajstić information content (AvgIpc) is 1.98. The summed E-state index contributed by atoms with van der Waals surface area (Å²) in [7, 11) is 0. The highest BCUT2D eigenvalue weighted by Crippen LogP contribution is 2.17. The maximum Gasteiger partial charge on any atom is 0.0949 e. The number of aliphatic hydroxyl groups excluding tert-OH is 2. The zero-order valence-corrected chi connectivity index (χ0v) is 4.62. The summed E-state index contributed by atoms with van der Waals surface area (Å²) in [4.78, 5) is 0. The summed E-state index contributed by atoms with van der Waals surface area (Å²) in [6.07, 6.45) is 0.116. The van der Waals surface area contributed by atoms with Crippen LogP contribution in [0.15, 0.2) is 0 Å². The Morgan fingerprint density at radius 3 is 2.00 bits per heavy atom. The SMILES string of the molecule is NC1CC[C@@H](O)[C@H]1O. The van der Waals surface area contributed by atoms with Crippen molar-refractivity contribution >= 4 is 0 Å². The molecule has 3 atom stereocenters. The summed E-state index contributed by atoms with van der Waals surface area (Å²) in [5.74, 6) is 0. The number of rotatable bonds is 0. The van der Waals surface area contributed by atoms with Crippen molar-refractivity contribution in [2.45, 2.75) is 31.1 Å². The Labute approximate surface area is 48.1 Å². The van der Waals surface area contributed by atoms with E-state index in [-0.39, 0.29) is 6.04 Å². The van der Waals surface area contributed by atoms with Gasteiger partial charge in [0.05, 0.1) is 12.2 Å². The second-order valence-electron chi connectivity index (χ2n) is 2.30. The number of hydrogen-bond acceptors (Lipinski definition) is 3. The van der Waals surface area contributed by atoms with Crippen LogP contribution < -0.4 is 5.73 Å². The number of aliphatic hydroxyl groups is 2. The molecule has 1 unspecified atom stereocenters. The standard InChI is InChI=1S/C5H11NO2/c6-3-1-2-4(7)5(3)8/h3-5,7-8H,1-2,6H2/t3?,4-,5+/m1/s1. The summed E-state index contributed by atoms with van der Waals surface area (Å²) in [5.41, 5.74) is 5.36. The van der Waals surface area contributed by atoms with E-state index in [1.54, 1.807) is 0 Å². The van der Waals surface area contributed by atoms with Gasteiger partial charge in [-0.2, -0.15) is 0 Å². The summed E-state index contributed by atoms with van der Waals surface area (Å²) < 4.78 is 0. The summed E-state index contributed by atoms with van der Waals surface area (Å²) in [6, 6.07) is -0.204. The Morgan fingerprint density at radius 2 is 1.88 bits per heavy atom. The van der Waals surface area contributed by atoms with Crippen molar-refractivity contribution in [2.24, 2.45) is 5.73 Å². The molecular formula is C5H11NO2. The van der Waals surface area contributed by atoms with Crippen molar-refractivity contribution < 1.29 is 10.2 Å². The lowest BCUT2D eigenvalue weighted by atomic mass is 10.2. The van der Waals surface area contributed by atoms with Gasteiger partial charge in [-0.3, -0.25) is 0 Å². The fourth-order valence-corrected chi connectivity index (χ4v) is 0.990. The normalized spacial score (nSPS) is 47.6. The second kappa shape index (κ2) is 2.01. The monoisotopic (exact) mass is 117 g/mol. The molecule has 4 N–H and O–H groups in total. The van der Waals surface area contributed by atoms with E-state index >= 15 is 0 Å². The van der Waals surface area contributed by atoms with Crippen LogP contribution in [0.5, 0.6) is 0 Å². The molecule has 3 nitrogen and oxygen atoms in total. The van der Waals surface area contributed by atoms with Crippen molar-refractivity contribution in [3.63, 3.8) is 0 Å². The van der Waals surface area contributed by atoms with E-state index in [2.05, 4.69) is 0 Å². The predicted molar refractivity (Wildman–Crippen MR) is 29.2 cm³/mol. The van der Waals surface area contributed by atoms with Crippen LogP contribution in [0, 0.1) is 0 Å². The molecule has 0 bridgehead atoms. The topological polar surface area (TPSA) is 66.5 Å². The zero-order valence-electron chi connectivity index (χ0n) is 4.62. The molecule has 3 heteroatoms. The molecule has 1 fully saturated rings. The molecule has 1 rings (SSSR count). The van der Waals surface area contributed by atoms with Gasteiger partial charge in [-0.15, -0.1) is 0 Å². The lowest BCUT2D eigenvalue weighted by molar-refractivity contribution is 0.0364. The van der Waals surface area contributed by atoms with Crippen molar-refractivity contribution in [1.82, 2.24) is 0 Å². The molecule has 0 radical (unpaired) electrons. The van der Waals surface area contributed by atoms with Crippen LogP contribution in [0.25, 0.3) is 0 Å². The molecule has 0 aromatic heterocycles. The highest BCUT2D eigenvalue weighted by molar-refractivity contribution is 4.86. The fraction of sp³-hybridized carbons (Fsp3) is 1.00. The lowest BCUT2D eigenvalue weighted by Crippen LogP contribution is -2.34. The van der Waals surface area contributed by atoms with Gasteiger partial charge in [-0.1, -0.05) is 0 Å². The highest BCUT2D eigenvalue weighted by Gasteiger charge is 2.29. The third-order valence-electron chi connectivity index (χ3n) is 1.63. The van der Waals surface area contributed by atoms with Gasteiger partial charge >= 0.3 is 0 Å². The van der Waals surface area contributed by atoms with Crippen LogP contribution in [0.4, 0.5) is 0 Å². The second-order valence-corrected chi connectivity index (χ2v) is 2.30. The largest absolute Gasteiger partial charge is 0.390 e. The minimum absolute atomic E-state index is 0.204. The van der Waals surface area contributed by atoms with Crippen LogP contribution in [0.1, 0.15) is 12.8 Å². The van der Waals surface area contributed by atoms with Gasteiger partial charge in [-0.25, -0.2) is 0 Å². The summed E-state index contributed by atoms with van der Waals surface area (Å²) >= 11 is 0. The Morgan fingerprint density at radius 1 is 1.25 bits per heavy atom. The van der Waals surface area contributed by atoms with E-state index in [0.29, 0.717) is 6.42 Å². The van der Waals surface area contributed by atoms with Crippen molar-refractivity contribution in [1.29, 1.82) is 0 Å². The molecule has 0 saturated heterocycles. The quantitative estimate of drug-likeness (QED) is 0.374. The van der Waals surface area contributed by atoms with Gasteiger partial charge in [0.15, 0.2) is 0 Å². The van der Waals surface area contributed by atoms with E-state index in [1.807, 2.05) is 0 Å². The van der Waals surface area contributed by atoms with Crippen LogP contribution >= 0.6 is 0 Å². The molecule has 0 aliphatic heterocycles. The van der Waals surface area contributed by atoms with Gasteiger partial charge in [-0.05, 0) is 12.8 Å². The van der Waals surface area contributed by atoms with Crippen molar-refractivity contribution in [2.75, 3.05) is 0 Å². The van der Waals surface area contributed by atoms with Crippen LogP contribution in [0.3, 0.4) is 0 Å². The lowest BCUT2D eigenvalue weighted by Gasteiger charge is -2.09. The fourth-order valence-electron chi connectivity index (χ4n) is 0.990. The van der Waals surface area contributed by atoms with E-state index in [1.165, 1.54) is 0 Å². The van der Waals surface area contributed by atoms with Gasteiger partial charge in [0.25, 0.3) is 0 Å². The van der Waals surface area contributed by atoms with E-state index in [9.17, 15) is 0 Å². The Hall–Kier alpha value is -0.120. The first-order valence-electron chi connectivity index (χ1n) is 2.83. The van der Waals surface area contributed by atoms with Gasteiger partial charge in [0.1, 0.15) is 0 Å². The summed E-state index contributed by atoms with van der Waals surface area (Å²) in [6.45, 7) is 0. The molecule has 8 heavy (non-hydrogen) atoms. The Balaban J connectivity index is 2.44. The van der Waals surface area contributed by atoms with E-state index < -0.39 is 12.2 Å². The molecule has 1 saturated carbocycles. The smallest absolute Gasteiger partial charge is 0.0949 e. The van der Waals surface area contributed by atoms with Crippen LogP contribution in [-0.4, -0.2) is 28.5 Å². The molecule has 1 aliphatic carbocycles. The van der Waals surface area contributed by atoms with E-state index in [4.69, 9.17) is 15.9 Å². The van der Waals surface area contributed by atoms with Gasteiger partial charge in [0.2, 0.25) is 0 Å². The molecule has 0 aromatic rings. The predicted octanol–water partition coefficient (Wildman–Crippen LogP) is -1.17. The highest BCUT2D eigenvalue weighted by atomic mass is 16.3. The number of nitrogens with two attached hydrogens (primary N) is 1. The Kier molecular flexibility index (Phi) is 1.51. The molecule has 0 heterocycles. The minimum atomic E-state index is -0.685.